The summed E-state index contributed by atoms with van der Waals surface area (Å²) in [6, 6.07) is 61.9. The number of anilines is 6. The van der Waals surface area contributed by atoms with Crippen molar-refractivity contribution in [1.29, 1.82) is 0 Å². The van der Waals surface area contributed by atoms with Gasteiger partial charge in [-0.2, -0.15) is 0 Å². The Morgan fingerprint density at radius 2 is 0.904 bits per heavy atom. The predicted octanol–water partition coefficient (Wildman–Crippen LogP) is 8.52. The number of para-hydroxylation sites is 6. The summed E-state index contributed by atoms with van der Waals surface area (Å²) in [5, 5.41) is 7.82. The molecule has 0 saturated heterocycles. The third-order valence-corrected chi connectivity index (χ3v) is 15.8. The van der Waals surface area contributed by atoms with Crippen molar-refractivity contribution in [3.63, 3.8) is 0 Å². The van der Waals surface area contributed by atoms with Crippen molar-refractivity contribution in [2.75, 3.05) is 9.80 Å². The molecule has 0 bridgehead atoms. The molecule has 0 atom stereocenters. The minimum atomic E-state index is -2.84. The molecule has 9 aromatic rings. The molecular weight excluding hydrogens is 651 g/mol. The van der Waals surface area contributed by atoms with Crippen LogP contribution in [0, 0.1) is 0 Å². The van der Waals surface area contributed by atoms with Gasteiger partial charge >= 0.3 is 0 Å². The van der Waals surface area contributed by atoms with E-state index in [9.17, 15) is 0 Å². The third kappa shape index (κ3) is 3.87. The topological polar surface area (TPSA) is 37.2 Å². The molecule has 3 aromatic heterocycles. The zero-order chi connectivity index (χ0) is 34.2. The van der Waals surface area contributed by atoms with Crippen LogP contribution in [0.2, 0.25) is 0 Å². The van der Waals surface area contributed by atoms with E-state index in [0.717, 1.165) is 33.6 Å². The van der Waals surface area contributed by atoms with Crippen LogP contribution in [0.5, 0.6) is 0 Å². The van der Waals surface area contributed by atoms with Crippen LogP contribution in [0.15, 0.2) is 188 Å². The van der Waals surface area contributed by atoms with Gasteiger partial charge in [0.2, 0.25) is 0 Å². The summed E-state index contributed by atoms with van der Waals surface area (Å²) in [6.45, 7) is 0. The van der Waals surface area contributed by atoms with Crippen molar-refractivity contribution in [2.45, 2.75) is 0 Å². The van der Waals surface area contributed by atoms with Gasteiger partial charge in [0.1, 0.15) is 5.82 Å². The van der Waals surface area contributed by atoms with E-state index in [1.54, 1.807) is 0 Å². The van der Waals surface area contributed by atoms with Gasteiger partial charge in [-0.15, -0.1) is 0 Å². The summed E-state index contributed by atoms with van der Waals surface area (Å²) in [7, 11) is -2.84. The number of rotatable bonds is 3. The summed E-state index contributed by atoms with van der Waals surface area (Å²) in [5.74, 6) is 0.887. The van der Waals surface area contributed by atoms with Crippen molar-refractivity contribution < 1.29 is 0 Å². The lowest BCUT2D eigenvalue weighted by atomic mass is 10.1. The SMILES string of the molecule is c1ccc(N2c3ccccc3[Si]3(c4ccccc42)c2ccccc2N(c2ccc(-n4c5ccccc5c5cnccc54)cn2)c2ccccc23)cc1. The molecule has 11 rings (SSSR count). The minimum absolute atomic E-state index is 0.887. The third-order valence-electron chi connectivity index (χ3n) is 10.9. The van der Waals surface area contributed by atoms with Gasteiger partial charge in [-0.1, -0.05) is 109 Å². The monoisotopic (exact) mass is 681 g/mol. The van der Waals surface area contributed by atoms with Crippen molar-refractivity contribution in [2.24, 2.45) is 0 Å². The Hall–Kier alpha value is -6.76. The molecule has 0 saturated carbocycles. The van der Waals surface area contributed by atoms with Crippen molar-refractivity contribution >= 4 is 84.9 Å². The van der Waals surface area contributed by atoms with E-state index < -0.39 is 8.07 Å². The van der Waals surface area contributed by atoms with Crippen LogP contribution in [0.1, 0.15) is 0 Å². The van der Waals surface area contributed by atoms with Crippen LogP contribution in [0.25, 0.3) is 27.5 Å². The number of hydrogen-bond acceptors (Lipinski definition) is 4. The predicted molar refractivity (Wildman–Crippen MR) is 216 cm³/mol. The smallest absolute Gasteiger partial charge is 0.188 e. The molecule has 0 fully saturated rings. The van der Waals surface area contributed by atoms with Crippen LogP contribution >= 0.6 is 0 Å². The molecule has 2 aliphatic rings. The molecule has 0 N–H and O–H groups in total. The maximum atomic E-state index is 5.24. The molecule has 5 nitrogen and oxygen atoms in total. The molecule has 5 heterocycles. The lowest BCUT2D eigenvalue weighted by Gasteiger charge is -2.49. The standard InChI is InChI=1S/C46H31N5Si/c1-2-14-32(15-3-1)49-38-18-6-10-22-42(38)52(43-23-11-7-19-39(43)49)44-24-12-8-20-40(44)51(41-21-9-13-25-45(41)52)46-27-26-33(30-48-46)50-36-17-5-4-16-34(36)35-31-47-29-28-37(35)50/h1-31H. The van der Waals surface area contributed by atoms with Gasteiger partial charge in [-0.3, -0.25) is 9.88 Å². The molecule has 6 heteroatoms. The van der Waals surface area contributed by atoms with Gasteiger partial charge in [0.15, 0.2) is 8.07 Å². The Morgan fingerprint density at radius 3 is 1.50 bits per heavy atom. The van der Waals surface area contributed by atoms with Gasteiger partial charge in [0, 0.05) is 51.6 Å². The fourth-order valence-corrected chi connectivity index (χ4v) is 14.4. The van der Waals surface area contributed by atoms with Gasteiger partial charge in [-0.25, -0.2) is 4.98 Å². The fourth-order valence-electron chi connectivity index (χ4n) is 8.91. The van der Waals surface area contributed by atoms with Gasteiger partial charge in [0.05, 0.1) is 22.9 Å². The summed E-state index contributed by atoms with van der Waals surface area (Å²) in [4.78, 5) is 14.5. The maximum Gasteiger partial charge on any atom is 0.188 e. The Balaban J connectivity index is 1.14. The number of nitrogens with zero attached hydrogens (tertiary/aromatic N) is 5. The van der Waals surface area contributed by atoms with Crippen LogP contribution in [0.4, 0.5) is 34.3 Å². The first-order valence-corrected chi connectivity index (χ1v) is 19.7. The van der Waals surface area contributed by atoms with Crippen molar-refractivity contribution in [3.8, 4) is 5.69 Å². The van der Waals surface area contributed by atoms with Gasteiger partial charge in [-0.05, 0) is 81.4 Å². The summed E-state index contributed by atoms with van der Waals surface area (Å²) in [6.07, 6.45) is 5.83. The molecule has 0 amide bonds. The molecule has 0 unspecified atom stereocenters. The van der Waals surface area contributed by atoms with Crippen molar-refractivity contribution in [1.82, 2.24) is 14.5 Å². The molecule has 0 radical (unpaired) electrons. The number of aromatic nitrogens is 3. The summed E-state index contributed by atoms with van der Waals surface area (Å²) < 4.78 is 2.29. The van der Waals surface area contributed by atoms with E-state index in [1.807, 2.05) is 18.6 Å². The van der Waals surface area contributed by atoms with E-state index in [1.165, 1.54) is 48.9 Å². The Kier molecular flexibility index (Phi) is 6.20. The molecule has 52 heavy (non-hydrogen) atoms. The van der Waals surface area contributed by atoms with Crippen LogP contribution in [-0.2, 0) is 0 Å². The lowest BCUT2D eigenvalue weighted by Crippen LogP contribution is -2.79. The summed E-state index contributed by atoms with van der Waals surface area (Å²) in [5.41, 5.74) is 9.26. The highest BCUT2D eigenvalue weighted by Crippen LogP contribution is 2.43. The molecular formula is C46H31N5Si. The molecule has 244 valence electrons. The van der Waals surface area contributed by atoms with Crippen molar-refractivity contribution in [3.05, 3.63) is 188 Å². The first kappa shape index (κ1) is 29.0. The Labute approximate surface area is 302 Å². The van der Waals surface area contributed by atoms with Crippen LogP contribution < -0.4 is 30.5 Å². The average Bonchev–Trinajstić information content (AvgIpc) is 3.56. The van der Waals surface area contributed by atoms with Gasteiger partial charge < -0.3 is 9.47 Å². The quantitative estimate of drug-likeness (QED) is 0.175. The zero-order valence-electron chi connectivity index (χ0n) is 28.1. The second kappa shape index (κ2) is 11.1. The minimum Gasteiger partial charge on any atom is -0.311 e. The van der Waals surface area contributed by atoms with E-state index in [4.69, 9.17) is 4.98 Å². The highest BCUT2D eigenvalue weighted by Gasteiger charge is 2.53. The average molecular weight is 682 g/mol. The Bertz CT molecular complexity index is 2680. The number of pyridine rings is 2. The second-order valence-corrected chi connectivity index (χ2v) is 17.1. The fraction of sp³-hybridized carbons (Fsp3) is 0. The maximum absolute atomic E-state index is 5.24. The largest absolute Gasteiger partial charge is 0.311 e. The molecule has 2 aliphatic heterocycles. The first-order valence-electron chi connectivity index (χ1n) is 17.7. The first-order chi connectivity index (χ1) is 25.8. The van der Waals surface area contributed by atoms with E-state index in [-0.39, 0.29) is 0 Å². The second-order valence-electron chi connectivity index (χ2n) is 13.4. The lowest BCUT2D eigenvalue weighted by molar-refractivity contribution is 1.11. The van der Waals surface area contributed by atoms with Crippen LogP contribution in [0.3, 0.4) is 0 Å². The van der Waals surface area contributed by atoms with E-state index >= 15 is 0 Å². The number of benzene rings is 6. The van der Waals surface area contributed by atoms with E-state index in [2.05, 4.69) is 189 Å². The van der Waals surface area contributed by atoms with Crippen LogP contribution in [-0.4, -0.2) is 22.6 Å². The molecule has 6 aromatic carbocycles. The number of fused-ring (bicyclic) bond motifs is 11. The van der Waals surface area contributed by atoms with E-state index in [0.29, 0.717) is 0 Å². The zero-order valence-corrected chi connectivity index (χ0v) is 29.1. The van der Waals surface area contributed by atoms with Gasteiger partial charge in [0.25, 0.3) is 0 Å². The number of hydrogen-bond donors (Lipinski definition) is 0. The molecule has 0 aliphatic carbocycles. The normalized spacial score (nSPS) is 13.8. The highest BCUT2D eigenvalue weighted by atomic mass is 28.3. The Morgan fingerprint density at radius 1 is 0.385 bits per heavy atom. The summed E-state index contributed by atoms with van der Waals surface area (Å²) >= 11 is 0. The molecule has 1 spiro atoms. The highest BCUT2D eigenvalue weighted by molar-refractivity contribution is 7.23.